The van der Waals surface area contributed by atoms with E-state index in [1.54, 1.807) is 0 Å². The molecule has 148 valence electrons. The molecule has 0 aromatic carbocycles. The first kappa shape index (κ1) is 24.7. The fraction of sp³-hybridized carbons (Fsp3) is 0.875. The van der Waals surface area contributed by atoms with Crippen molar-refractivity contribution in [2.75, 3.05) is 13.1 Å². The molecule has 0 saturated heterocycles. The molecule has 0 aliphatic heterocycles. The average Bonchev–Trinajstić information content (AvgIpc) is 2.37. The Hall–Kier alpha value is -0.329. The smallest absolute Gasteiger partial charge is 0.311 e. The van der Waals surface area contributed by atoms with Crippen molar-refractivity contribution >= 4 is 37.0 Å². The number of carbonyl (C=O) groups is 2. The van der Waals surface area contributed by atoms with Crippen molar-refractivity contribution in [3.8, 4) is 0 Å². The van der Waals surface area contributed by atoms with Gasteiger partial charge in [0.1, 0.15) is 0 Å². The molecule has 0 atom stereocenters. The van der Waals surface area contributed by atoms with Crippen LogP contribution in [-0.2, 0) is 17.8 Å². The van der Waals surface area contributed by atoms with E-state index < -0.39 is 25.2 Å². The number of amides is 2. The molecule has 0 fully saturated rings. The molecular weight excluding hydrogens is 368 g/mol. The van der Waals surface area contributed by atoms with E-state index in [1.165, 1.54) is 18.7 Å². The van der Waals surface area contributed by atoms with Gasteiger partial charge >= 0.3 is 8.56 Å². The lowest BCUT2D eigenvalue weighted by Crippen LogP contribution is -2.52. The van der Waals surface area contributed by atoms with Gasteiger partial charge in [0.25, 0.3) is 0 Å². The summed E-state index contributed by atoms with van der Waals surface area (Å²) in [6, 6.07) is 1.95. The molecule has 0 saturated carbocycles. The Labute approximate surface area is 156 Å². The van der Waals surface area contributed by atoms with Crippen molar-refractivity contribution in [2.45, 2.75) is 78.1 Å². The lowest BCUT2D eigenvalue weighted by Gasteiger charge is -2.39. The normalized spacial score (nSPS) is 13.0. The molecule has 2 amide bonds. The van der Waals surface area contributed by atoms with Crippen LogP contribution in [0.1, 0.15) is 26.7 Å². The van der Waals surface area contributed by atoms with Gasteiger partial charge in [-0.2, -0.15) is 0 Å². The Morgan fingerprint density at radius 2 is 1.24 bits per heavy atom. The first-order valence-electron chi connectivity index (χ1n) is 9.10. The van der Waals surface area contributed by atoms with Crippen LogP contribution in [0, 0.1) is 0 Å². The predicted octanol–water partition coefficient (Wildman–Crippen LogP) is 3.27. The minimum atomic E-state index is -2.21. The van der Waals surface area contributed by atoms with Crippen molar-refractivity contribution in [1.29, 1.82) is 0 Å². The van der Waals surface area contributed by atoms with Gasteiger partial charge in [-0.25, -0.2) is 0 Å². The summed E-state index contributed by atoms with van der Waals surface area (Å²) in [6.45, 7) is 17.1. The number of carbonyl (C=O) groups excluding carboxylic acids is 2. The summed E-state index contributed by atoms with van der Waals surface area (Å²) in [4.78, 5) is 24.3. The topological polar surface area (TPSA) is 81.9 Å². The molecule has 6 nitrogen and oxygen atoms in total. The summed E-state index contributed by atoms with van der Waals surface area (Å²) in [5, 5.41) is 0. The van der Waals surface area contributed by atoms with E-state index in [1.807, 2.05) is 0 Å². The predicted molar refractivity (Wildman–Crippen MR) is 111 cm³/mol. The quantitative estimate of drug-likeness (QED) is 0.533. The van der Waals surface area contributed by atoms with E-state index in [-0.39, 0.29) is 11.8 Å². The van der Waals surface area contributed by atoms with Crippen LogP contribution in [0.15, 0.2) is 0 Å². The van der Waals surface area contributed by atoms with Crippen molar-refractivity contribution in [3.63, 3.8) is 0 Å². The van der Waals surface area contributed by atoms with Crippen molar-refractivity contribution in [2.24, 2.45) is 5.73 Å². The van der Waals surface area contributed by atoms with Gasteiger partial charge in [-0.1, -0.05) is 0 Å². The summed E-state index contributed by atoms with van der Waals surface area (Å²) in [5.74, 6) is -0.392. The Kier molecular flexibility index (Phi) is 9.99. The second kappa shape index (κ2) is 10.1. The molecule has 0 spiro atoms. The molecule has 9 heteroatoms. The zero-order valence-corrected chi connectivity index (χ0v) is 20.4. The van der Waals surface area contributed by atoms with Gasteiger partial charge in [-0.05, 0) is 70.8 Å². The largest absolute Gasteiger partial charge is 0.437 e. The molecule has 0 heterocycles. The molecular formula is C16H38N2O4Si3. The van der Waals surface area contributed by atoms with Crippen LogP contribution in [0.25, 0.3) is 0 Å². The van der Waals surface area contributed by atoms with Crippen LogP contribution in [0.4, 0.5) is 0 Å². The maximum absolute atomic E-state index is 11.5. The summed E-state index contributed by atoms with van der Waals surface area (Å²) in [5.41, 5.74) is 5.62. The number of nitrogens with two attached hydrogens (primary N) is 1. The highest BCUT2D eigenvalue weighted by atomic mass is 28.5. The highest BCUT2D eigenvalue weighted by Gasteiger charge is 2.39. The zero-order chi connectivity index (χ0) is 19.9. The van der Waals surface area contributed by atoms with Gasteiger partial charge in [0.15, 0.2) is 16.6 Å². The highest BCUT2D eigenvalue weighted by Crippen LogP contribution is 2.26. The summed E-state index contributed by atoms with van der Waals surface area (Å²) >= 11 is 0. The fourth-order valence-electron chi connectivity index (χ4n) is 3.18. The molecule has 0 aromatic heterocycles. The number of rotatable bonds is 11. The van der Waals surface area contributed by atoms with Gasteiger partial charge in [-0.15, -0.1) is 0 Å². The third-order valence-corrected chi connectivity index (χ3v) is 15.4. The van der Waals surface area contributed by atoms with Gasteiger partial charge < -0.3 is 14.0 Å². The van der Waals surface area contributed by atoms with Gasteiger partial charge in [0, 0.05) is 20.4 Å². The molecule has 0 bridgehead atoms. The molecule has 0 unspecified atom stereocenters. The van der Waals surface area contributed by atoms with E-state index in [0.29, 0.717) is 13.1 Å². The monoisotopic (exact) mass is 406 g/mol. The number of imide groups is 1. The van der Waals surface area contributed by atoms with Crippen LogP contribution < -0.4 is 5.73 Å². The molecule has 25 heavy (non-hydrogen) atoms. The second-order valence-corrected chi connectivity index (χ2v) is 20.8. The zero-order valence-electron chi connectivity index (χ0n) is 17.4. The fourth-order valence-corrected chi connectivity index (χ4v) is 17.3. The van der Waals surface area contributed by atoms with E-state index in [9.17, 15) is 9.59 Å². The Morgan fingerprint density at radius 1 is 0.840 bits per heavy atom. The van der Waals surface area contributed by atoms with Crippen LogP contribution in [0.5, 0.6) is 0 Å². The minimum absolute atomic E-state index is 0.196. The summed E-state index contributed by atoms with van der Waals surface area (Å²) in [6.07, 6.45) is 1.77. The number of nitrogens with zero attached hydrogens (tertiary/aromatic N) is 1. The third-order valence-electron chi connectivity index (χ3n) is 3.95. The maximum Gasteiger partial charge on any atom is 0.311 e. The molecule has 2 N–H and O–H groups in total. The maximum atomic E-state index is 11.5. The number of hydrogen-bond donors (Lipinski definition) is 1. The summed E-state index contributed by atoms with van der Waals surface area (Å²) < 4.78 is 13.0. The molecule has 0 aliphatic rings. The van der Waals surface area contributed by atoms with E-state index in [2.05, 4.69) is 39.3 Å². The molecule has 0 aliphatic carbocycles. The molecule has 0 radical (unpaired) electrons. The Bertz CT molecular complexity index is 443. The standard InChI is InChI=1S/C16H38N2O4Si3/c1-15(19)18(16(2)20)12-10-14-24(5,6)22-25(7,8)21-23(3,4)13-9-11-17/h9-14,17H2,1-8H3. The van der Waals surface area contributed by atoms with Crippen LogP contribution in [-0.4, -0.2) is 55.0 Å². The van der Waals surface area contributed by atoms with Crippen LogP contribution in [0.2, 0.25) is 51.4 Å². The molecule has 0 rings (SSSR count). The van der Waals surface area contributed by atoms with Gasteiger partial charge in [0.2, 0.25) is 11.8 Å². The van der Waals surface area contributed by atoms with Crippen molar-refractivity contribution in [3.05, 3.63) is 0 Å². The third kappa shape index (κ3) is 11.1. The van der Waals surface area contributed by atoms with Crippen molar-refractivity contribution < 1.29 is 17.8 Å². The van der Waals surface area contributed by atoms with Crippen LogP contribution in [0.3, 0.4) is 0 Å². The van der Waals surface area contributed by atoms with Crippen molar-refractivity contribution in [1.82, 2.24) is 4.90 Å². The van der Waals surface area contributed by atoms with E-state index in [0.717, 1.165) is 24.9 Å². The lowest BCUT2D eigenvalue weighted by atomic mass is 10.4. The lowest BCUT2D eigenvalue weighted by molar-refractivity contribution is -0.142. The Morgan fingerprint density at radius 3 is 1.60 bits per heavy atom. The number of hydrogen-bond acceptors (Lipinski definition) is 5. The second-order valence-electron chi connectivity index (χ2n) is 8.31. The SMILES string of the molecule is CC(=O)N(CCC[Si](C)(C)O[Si](C)(C)O[Si](C)(C)CCCN)C(C)=O. The summed E-state index contributed by atoms with van der Waals surface area (Å²) in [7, 11) is -5.89. The first-order chi connectivity index (χ1) is 11.2. The first-order valence-corrected chi connectivity index (χ1v) is 18.2. The van der Waals surface area contributed by atoms with E-state index >= 15 is 0 Å². The highest BCUT2D eigenvalue weighted by molar-refractivity contribution is 6.87. The van der Waals surface area contributed by atoms with E-state index in [4.69, 9.17) is 14.0 Å². The van der Waals surface area contributed by atoms with Gasteiger partial charge in [-0.3, -0.25) is 14.5 Å². The minimum Gasteiger partial charge on any atom is -0.437 e. The molecule has 0 aromatic rings. The average molecular weight is 407 g/mol. The van der Waals surface area contributed by atoms with Gasteiger partial charge in [0.05, 0.1) is 0 Å². The Balaban J connectivity index is 4.62. The van der Waals surface area contributed by atoms with Crippen LogP contribution >= 0.6 is 0 Å².